The molecule has 8 heteroatoms. The predicted octanol–water partition coefficient (Wildman–Crippen LogP) is 2.17. The summed E-state index contributed by atoms with van der Waals surface area (Å²) in [5.74, 6) is 0. The van der Waals surface area contributed by atoms with E-state index < -0.39 is 20.2 Å². The zero-order valence-corrected chi connectivity index (χ0v) is 12.3. The van der Waals surface area contributed by atoms with Crippen LogP contribution in [0.4, 0.5) is 18.9 Å². The van der Waals surface area contributed by atoms with Crippen molar-refractivity contribution in [3.63, 3.8) is 0 Å². The van der Waals surface area contributed by atoms with Crippen molar-refractivity contribution in [2.45, 2.75) is 29.8 Å². The molecule has 0 aliphatic carbocycles. The molecule has 1 aliphatic heterocycles. The predicted molar refractivity (Wildman–Crippen MR) is 74.0 cm³/mol. The molecule has 1 aliphatic rings. The van der Waals surface area contributed by atoms with E-state index in [1.807, 2.05) is 6.92 Å². The number of hydrogen-bond donors (Lipinski definition) is 1. The molecular weight excluding hydrogens is 305 g/mol. The summed E-state index contributed by atoms with van der Waals surface area (Å²) >= 11 is 0. The summed E-state index contributed by atoms with van der Waals surface area (Å²) in [5, 5.41) is 3.16. The van der Waals surface area contributed by atoms with Crippen LogP contribution in [0.15, 0.2) is 29.2 Å². The second kappa shape index (κ2) is 5.84. The molecule has 0 bridgehead atoms. The van der Waals surface area contributed by atoms with Crippen LogP contribution in [-0.4, -0.2) is 39.6 Å². The van der Waals surface area contributed by atoms with E-state index >= 15 is 0 Å². The van der Waals surface area contributed by atoms with Crippen LogP contribution < -0.4 is 10.2 Å². The largest absolute Gasteiger partial charge is 0.501 e. The minimum atomic E-state index is -5.35. The van der Waals surface area contributed by atoms with Gasteiger partial charge in [0.05, 0.1) is 10.6 Å². The Kier molecular flexibility index (Phi) is 4.48. The van der Waals surface area contributed by atoms with Crippen molar-refractivity contribution in [2.24, 2.45) is 0 Å². The van der Waals surface area contributed by atoms with Gasteiger partial charge in [0.15, 0.2) is 0 Å². The van der Waals surface area contributed by atoms with Crippen LogP contribution in [0.1, 0.15) is 13.3 Å². The van der Waals surface area contributed by atoms with E-state index in [9.17, 15) is 21.6 Å². The second-order valence-corrected chi connectivity index (χ2v) is 6.79. The van der Waals surface area contributed by atoms with Crippen LogP contribution in [-0.2, 0) is 9.84 Å². The smallest absolute Gasteiger partial charge is 0.365 e. The number of nitrogens with one attached hydrogen (secondary N) is 1. The summed E-state index contributed by atoms with van der Waals surface area (Å²) in [7, 11) is -5.35. The lowest BCUT2D eigenvalue weighted by Gasteiger charge is -2.38. The maximum Gasteiger partial charge on any atom is 0.501 e. The standard InChI is InChI=1S/C13H17F3N2O2S/c1-2-10-9-17-7-8-18(10)11-5-3-4-6-12(11)21(19,20)13(14,15)16/h3-6,10,17H,2,7-9H2,1H3. The highest BCUT2D eigenvalue weighted by Gasteiger charge is 2.48. The lowest BCUT2D eigenvalue weighted by molar-refractivity contribution is -0.0435. The summed E-state index contributed by atoms with van der Waals surface area (Å²) < 4.78 is 62.0. The second-order valence-electron chi connectivity index (χ2n) is 4.88. The fraction of sp³-hybridized carbons (Fsp3) is 0.538. The summed E-state index contributed by atoms with van der Waals surface area (Å²) in [6.45, 7) is 3.63. The highest BCUT2D eigenvalue weighted by atomic mass is 32.2. The highest BCUT2D eigenvalue weighted by Crippen LogP contribution is 2.36. The number of benzene rings is 1. The van der Waals surface area contributed by atoms with Crippen LogP contribution in [0.25, 0.3) is 0 Å². The number of sulfone groups is 1. The molecule has 1 atom stereocenters. The number of halogens is 3. The average Bonchev–Trinajstić information content (AvgIpc) is 2.46. The molecule has 1 fully saturated rings. The molecule has 4 nitrogen and oxygen atoms in total. The third kappa shape index (κ3) is 3.01. The molecule has 21 heavy (non-hydrogen) atoms. The summed E-state index contributed by atoms with van der Waals surface area (Å²) in [6, 6.07) is 5.30. The first-order chi connectivity index (χ1) is 9.79. The molecule has 1 heterocycles. The van der Waals surface area contributed by atoms with E-state index in [2.05, 4.69) is 5.32 Å². The Balaban J connectivity index is 2.51. The molecule has 1 aromatic rings. The Hall–Kier alpha value is -1.28. The first kappa shape index (κ1) is 16.1. The molecule has 1 aromatic carbocycles. The Morgan fingerprint density at radius 1 is 1.33 bits per heavy atom. The minimum Gasteiger partial charge on any atom is -0.365 e. The van der Waals surface area contributed by atoms with Crippen molar-refractivity contribution in [3.05, 3.63) is 24.3 Å². The van der Waals surface area contributed by atoms with E-state index in [4.69, 9.17) is 0 Å². The summed E-state index contributed by atoms with van der Waals surface area (Å²) in [6.07, 6.45) is 0.716. The first-order valence-electron chi connectivity index (χ1n) is 6.66. The van der Waals surface area contributed by atoms with Crippen LogP contribution in [0, 0.1) is 0 Å². The van der Waals surface area contributed by atoms with E-state index in [1.165, 1.54) is 12.1 Å². The zero-order chi connectivity index (χ0) is 15.7. The first-order valence-corrected chi connectivity index (χ1v) is 8.15. The van der Waals surface area contributed by atoms with Gasteiger partial charge in [-0.1, -0.05) is 19.1 Å². The van der Waals surface area contributed by atoms with Crippen LogP contribution in [0.3, 0.4) is 0 Å². The summed E-state index contributed by atoms with van der Waals surface area (Å²) in [4.78, 5) is 1.08. The monoisotopic (exact) mass is 322 g/mol. The van der Waals surface area contributed by atoms with Gasteiger partial charge in [-0.3, -0.25) is 0 Å². The van der Waals surface area contributed by atoms with Crippen LogP contribution >= 0.6 is 0 Å². The molecule has 1 saturated heterocycles. The van der Waals surface area contributed by atoms with Crippen molar-refractivity contribution in [1.82, 2.24) is 5.32 Å². The molecule has 1 N–H and O–H groups in total. The average molecular weight is 322 g/mol. The van der Waals surface area contributed by atoms with Gasteiger partial charge in [0.25, 0.3) is 9.84 Å². The summed E-state index contributed by atoms with van der Waals surface area (Å²) in [5.41, 5.74) is -5.16. The van der Waals surface area contributed by atoms with Gasteiger partial charge in [-0.25, -0.2) is 8.42 Å². The maximum absolute atomic E-state index is 12.8. The van der Waals surface area contributed by atoms with E-state index in [1.54, 1.807) is 11.0 Å². The Bertz CT molecular complexity index is 602. The van der Waals surface area contributed by atoms with Crippen molar-refractivity contribution in [1.29, 1.82) is 0 Å². The zero-order valence-electron chi connectivity index (χ0n) is 11.5. The van der Waals surface area contributed by atoms with Gasteiger partial charge in [-0.15, -0.1) is 0 Å². The van der Waals surface area contributed by atoms with Gasteiger partial charge in [-0.05, 0) is 18.6 Å². The normalized spacial score (nSPS) is 20.6. The Morgan fingerprint density at radius 3 is 2.62 bits per heavy atom. The number of piperazine rings is 1. The van der Waals surface area contributed by atoms with Gasteiger partial charge in [0.2, 0.25) is 0 Å². The SMILES string of the molecule is CCC1CNCCN1c1ccccc1S(=O)(=O)C(F)(F)F. The number of anilines is 1. The van der Waals surface area contributed by atoms with Gasteiger partial charge in [0.1, 0.15) is 0 Å². The molecule has 0 radical (unpaired) electrons. The van der Waals surface area contributed by atoms with Crippen LogP contribution in [0.2, 0.25) is 0 Å². The molecule has 118 valence electrons. The topological polar surface area (TPSA) is 49.4 Å². The van der Waals surface area contributed by atoms with Crippen molar-refractivity contribution >= 4 is 15.5 Å². The van der Waals surface area contributed by atoms with Gasteiger partial charge in [-0.2, -0.15) is 13.2 Å². The quantitative estimate of drug-likeness (QED) is 0.926. The lowest BCUT2D eigenvalue weighted by atomic mass is 10.1. The Labute approximate surface area is 121 Å². The lowest BCUT2D eigenvalue weighted by Crippen LogP contribution is -2.51. The van der Waals surface area contributed by atoms with E-state index in [0.717, 1.165) is 6.07 Å². The van der Waals surface area contributed by atoms with Crippen LogP contribution in [0.5, 0.6) is 0 Å². The van der Waals surface area contributed by atoms with Crippen molar-refractivity contribution < 1.29 is 21.6 Å². The maximum atomic E-state index is 12.8. The number of nitrogens with zero attached hydrogens (tertiary/aromatic N) is 1. The van der Waals surface area contributed by atoms with Crippen molar-refractivity contribution in [2.75, 3.05) is 24.5 Å². The van der Waals surface area contributed by atoms with E-state index in [-0.39, 0.29) is 11.7 Å². The number of hydrogen-bond acceptors (Lipinski definition) is 4. The molecule has 2 rings (SSSR count). The van der Waals surface area contributed by atoms with Gasteiger partial charge in [0, 0.05) is 25.7 Å². The molecule has 0 amide bonds. The van der Waals surface area contributed by atoms with E-state index in [0.29, 0.717) is 26.1 Å². The molecule has 1 unspecified atom stereocenters. The number of rotatable bonds is 3. The highest BCUT2D eigenvalue weighted by molar-refractivity contribution is 7.92. The number of alkyl halides is 3. The minimum absolute atomic E-state index is 0.0247. The molecule has 0 spiro atoms. The fourth-order valence-corrected chi connectivity index (χ4v) is 3.46. The van der Waals surface area contributed by atoms with Gasteiger partial charge < -0.3 is 10.2 Å². The number of para-hydroxylation sites is 1. The van der Waals surface area contributed by atoms with Gasteiger partial charge >= 0.3 is 5.51 Å². The third-order valence-electron chi connectivity index (χ3n) is 3.59. The molecular formula is C13H17F3N2O2S. The van der Waals surface area contributed by atoms with Crippen molar-refractivity contribution in [3.8, 4) is 0 Å². The fourth-order valence-electron chi connectivity index (χ4n) is 2.49. The Morgan fingerprint density at radius 2 is 2.00 bits per heavy atom. The molecule has 0 aromatic heterocycles. The third-order valence-corrected chi connectivity index (χ3v) is 5.12. The molecule has 0 saturated carbocycles.